The van der Waals surface area contributed by atoms with Crippen LogP contribution in [-0.2, 0) is 22.6 Å². The van der Waals surface area contributed by atoms with Gasteiger partial charge in [0.05, 0.1) is 0 Å². The van der Waals surface area contributed by atoms with Crippen molar-refractivity contribution in [3.05, 3.63) is 64.7 Å². The molecule has 0 saturated carbocycles. The molecule has 0 fully saturated rings. The second-order valence-electron chi connectivity index (χ2n) is 4.71. The Morgan fingerprint density at radius 3 is 2.57 bits per heavy atom. The van der Waals surface area contributed by atoms with E-state index >= 15 is 0 Å². The summed E-state index contributed by atoms with van der Waals surface area (Å²) in [6, 6.07) is 12.9. The summed E-state index contributed by atoms with van der Waals surface area (Å²) < 4.78 is 5.17. The van der Waals surface area contributed by atoms with Crippen molar-refractivity contribution in [2.45, 2.75) is 19.1 Å². The topological polar surface area (TPSA) is 72.5 Å². The Hall–Kier alpha value is -2.04. The van der Waals surface area contributed by atoms with Crippen molar-refractivity contribution < 1.29 is 14.6 Å². The molecule has 0 bridgehead atoms. The highest BCUT2D eigenvalue weighted by Gasteiger charge is 2.15. The Labute approximate surface area is 128 Å². The van der Waals surface area contributed by atoms with Crippen molar-refractivity contribution >= 4 is 17.6 Å². The van der Waals surface area contributed by atoms with E-state index in [4.69, 9.17) is 22.1 Å². The van der Waals surface area contributed by atoms with Gasteiger partial charge in [-0.2, -0.15) is 0 Å². The van der Waals surface area contributed by atoms with E-state index in [-0.39, 0.29) is 12.4 Å². The van der Waals surface area contributed by atoms with Crippen LogP contribution in [0.5, 0.6) is 5.75 Å². The van der Waals surface area contributed by atoms with Crippen LogP contribution >= 0.6 is 11.6 Å². The van der Waals surface area contributed by atoms with Crippen LogP contribution in [0.3, 0.4) is 0 Å². The van der Waals surface area contributed by atoms with Crippen LogP contribution in [0, 0.1) is 0 Å². The van der Waals surface area contributed by atoms with Gasteiger partial charge in [-0.15, -0.1) is 0 Å². The minimum atomic E-state index is -0.742. The predicted octanol–water partition coefficient (Wildman–Crippen LogP) is 2.66. The highest BCUT2D eigenvalue weighted by Crippen LogP contribution is 2.13. The van der Waals surface area contributed by atoms with Crippen molar-refractivity contribution in [1.82, 2.24) is 0 Å². The Balaban J connectivity index is 1.86. The second kappa shape index (κ2) is 7.11. The van der Waals surface area contributed by atoms with Gasteiger partial charge < -0.3 is 15.6 Å². The second-order valence-corrected chi connectivity index (χ2v) is 5.15. The van der Waals surface area contributed by atoms with Crippen LogP contribution in [0.4, 0.5) is 0 Å². The molecule has 2 aromatic rings. The van der Waals surface area contributed by atoms with Gasteiger partial charge in [-0.1, -0.05) is 35.9 Å². The number of carbonyl (C=O) groups is 1. The van der Waals surface area contributed by atoms with Gasteiger partial charge in [0.15, 0.2) is 0 Å². The van der Waals surface area contributed by atoms with Crippen LogP contribution < -0.4 is 5.73 Å². The van der Waals surface area contributed by atoms with E-state index in [9.17, 15) is 9.90 Å². The molecule has 2 rings (SSSR count). The van der Waals surface area contributed by atoms with Gasteiger partial charge in [-0.3, -0.25) is 4.79 Å². The zero-order chi connectivity index (χ0) is 15.2. The first kappa shape index (κ1) is 15.4. The molecular formula is C16H16ClNO3. The highest BCUT2D eigenvalue weighted by atomic mass is 35.5. The molecule has 4 nitrogen and oxygen atoms in total. The normalized spacial score (nSPS) is 11.9. The summed E-state index contributed by atoms with van der Waals surface area (Å²) in [5.74, 6) is -0.293. The number of phenolic OH excluding ortho intramolecular Hbond substituents is 1. The lowest BCUT2D eigenvalue weighted by Gasteiger charge is -2.12. The Morgan fingerprint density at radius 2 is 1.90 bits per heavy atom. The fourth-order valence-corrected chi connectivity index (χ4v) is 2.07. The molecule has 1 atom stereocenters. The molecule has 0 aliphatic heterocycles. The molecule has 3 N–H and O–H groups in total. The van der Waals surface area contributed by atoms with E-state index in [1.54, 1.807) is 42.5 Å². The molecule has 5 heteroatoms. The van der Waals surface area contributed by atoms with Crippen LogP contribution in [0.15, 0.2) is 48.5 Å². The third-order valence-corrected chi connectivity index (χ3v) is 3.20. The Kier molecular flexibility index (Phi) is 5.20. The van der Waals surface area contributed by atoms with E-state index in [1.165, 1.54) is 0 Å². The largest absolute Gasteiger partial charge is 0.508 e. The molecule has 0 aromatic heterocycles. The highest BCUT2D eigenvalue weighted by molar-refractivity contribution is 6.30. The van der Waals surface area contributed by atoms with Gasteiger partial charge in [-0.05, 0) is 41.8 Å². The minimum absolute atomic E-state index is 0.142. The maximum Gasteiger partial charge on any atom is 0.323 e. The SMILES string of the molecule is NC(Cc1ccc(O)cc1)C(=O)OCc1cccc(Cl)c1. The molecule has 0 spiro atoms. The van der Waals surface area contributed by atoms with Gasteiger partial charge in [0.1, 0.15) is 18.4 Å². The molecule has 0 aliphatic carbocycles. The summed E-state index contributed by atoms with van der Waals surface area (Å²) in [7, 11) is 0. The zero-order valence-corrected chi connectivity index (χ0v) is 12.1. The number of benzene rings is 2. The summed E-state index contributed by atoms with van der Waals surface area (Å²) >= 11 is 5.86. The summed E-state index contributed by atoms with van der Waals surface area (Å²) in [6.07, 6.45) is 0.356. The smallest absolute Gasteiger partial charge is 0.323 e. The number of esters is 1. The van der Waals surface area contributed by atoms with E-state index in [2.05, 4.69) is 0 Å². The molecule has 0 amide bonds. The summed E-state index contributed by atoms with van der Waals surface area (Å²) in [4.78, 5) is 11.8. The van der Waals surface area contributed by atoms with Crippen LogP contribution in [0.25, 0.3) is 0 Å². The van der Waals surface area contributed by atoms with Crippen LogP contribution in [0.2, 0.25) is 5.02 Å². The molecule has 0 heterocycles. The molecule has 0 aliphatic rings. The molecule has 1 unspecified atom stereocenters. The fraction of sp³-hybridized carbons (Fsp3) is 0.188. The number of ether oxygens (including phenoxy) is 1. The minimum Gasteiger partial charge on any atom is -0.508 e. The Bertz CT molecular complexity index is 613. The molecular weight excluding hydrogens is 290 g/mol. The Morgan fingerprint density at radius 1 is 1.19 bits per heavy atom. The number of nitrogens with two attached hydrogens (primary N) is 1. The average molecular weight is 306 g/mol. The standard InChI is InChI=1S/C16H16ClNO3/c17-13-3-1-2-12(8-13)10-21-16(20)15(18)9-11-4-6-14(19)7-5-11/h1-8,15,19H,9-10,18H2. The lowest BCUT2D eigenvalue weighted by atomic mass is 10.1. The summed E-state index contributed by atoms with van der Waals surface area (Å²) in [5.41, 5.74) is 7.49. The molecule has 0 saturated heterocycles. The van der Waals surface area contributed by atoms with Crippen molar-refractivity contribution in [2.75, 3.05) is 0 Å². The summed E-state index contributed by atoms with van der Waals surface area (Å²) in [6.45, 7) is 0.142. The van der Waals surface area contributed by atoms with E-state index < -0.39 is 12.0 Å². The van der Waals surface area contributed by atoms with Crippen molar-refractivity contribution in [3.8, 4) is 5.75 Å². The average Bonchev–Trinajstić information content (AvgIpc) is 2.47. The third kappa shape index (κ3) is 4.77. The number of rotatable bonds is 5. The van der Waals surface area contributed by atoms with Gasteiger partial charge in [-0.25, -0.2) is 0 Å². The summed E-state index contributed by atoms with van der Waals surface area (Å²) in [5, 5.41) is 9.79. The molecule has 0 radical (unpaired) electrons. The van der Waals surface area contributed by atoms with Crippen molar-refractivity contribution in [1.29, 1.82) is 0 Å². The van der Waals surface area contributed by atoms with E-state index in [1.807, 2.05) is 6.07 Å². The molecule has 2 aromatic carbocycles. The number of phenols is 1. The quantitative estimate of drug-likeness (QED) is 0.833. The number of hydrogen-bond acceptors (Lipinski definition) is 4. The van der Waals surface area contributed by atoms with Crippen LogP contribution in [-0.4, -0.2) is 17.1 Å². The monoisotopic (exact) mass is 305 g/mol. The van der Waals surface area contributed by atoms with Gasteiger partial charge >= 0.3 is 5.97 Å². The first-order valence-electron chi connectivity index (χ1n) is 6.49. The number of halogens is 1. The maximum atomic E-state index is 11.8. The third-order valence-electron chi connectivity index (χ3n) is 2.96. The lowest BCUT2D eigenvalue weighted by molar-refractivity contribution is -0.146. The van der Waals surface area contributed by atoms with E-state index in [0.29, 0.717) is 11.4 Å². The first-order chi connectivity index (χ1) is 10.0. The van der Waals surface area contributed by atoms with Gasteiger partial charge in [0.2, 0.25) is 0 Å². The van der Waals surface area contributed by atoms with Gasteiger partial charge in [0.25, 0.3) is 0 Å². The van der Waals surface area contributed by atoms with Crippen molar-refractivity contribution in [3.63, 3.8) is 0 Å². The van der Waals surface area contributed by atoms with Crippen molar-refractivity contribution in [2.24, 2.45) is 5.73 Å². The predicted molar refractivity (Wildman–Crippen MR) is 81.0 cm³/mol. The number of aromatic hydroxyl groups is 1. The maximum absolute atomic E-state index is 11.8. The molecule has 21 heavy (non-hydrogen) atoms. The van der Waals surface area contributed by atoms with Crippen LogP contribution in [0.1, 0.15) is 11.1 Å². The first-order valence-corrected chi connectivity index (χ1v) is 6.87. The van der Waals surface area contributed by atoms with Gasteiger partial charge in [0, 0.05) is 5.02 Å². The number of hydrogen-bond donors (Lipinski definition) is 2. The lowest BCUT2D eigenvalue weighted by Crippen LogP contribution is -2.34. The number of carbonyl (C=O) groups excluding carboxylic acids is 1. The van der Waals surface area contributed by atoms with E-state index in [0.717, 1.165) is 11.1 Å². The molecule has 110 valence electrons. The fourth-order valence-electron chi connectivity index (χ4n) is 1.86. The zero-order valence-electron chi connectivity index (χ0n) is 11.3.